The van der Waals surface area contributed by atoms with Gasteiger partial charge in [-0.3, -0.25) is 14.9 Å². The van der Waals surface area contributed by atoms with Crippen LogP contribution in [0.3, 0.4) is 0 Å². The average molecular weight is 413 g/mol. The number of nitro groups is 1. The Morgan fingerprint density at radius 1 is 1.33 bits per heavy atom. The lowest BCUT2D eigenvalue weighted by Crippen LogP contribution is -2.24. The summed E-state index contributed by atoms with van der Waals surface area (Å²) in [5, 5.41) is 14.7. The molecule has 0 heterocycles. The van der Waals surface area contributed by atoms with E-state index in [0.29, 0.717) is 11.3 Å². The molecular weight excluding hydrogens is 402 g/mol. The second-order valence-corrected chi connectivity index (χ2v) is 5.82. The molecule has 0 saturated heterocycles. The number of non-ortho nitro benzene ring substituents is 1. The number of nitro benzene ring substituents is 1. The van der Waals surface area contributed by atoms with Crippen LogP contribution in [0.1, 0.15) is 5.56 Å². The number of ether oxygens (including phenoxy) is 1. The van der Waals surface area contributed by atoms with Gasteiger partial charge in [0.05, 0.1) is 11.1 Å². The van der Waals surface area contributed by atoms with Crippen molar-refractivity contribution in [1.82, 2.24) is 5.43 Å². The Morgan fingerprint density at radius 2 is 2.04 bits per heavy atom. The summed E-state index contributed by atoms with van der Waals surface area (Å²) in [4.78, 5) is 21.8. The summed E-state index contributed by atoms with van der Waals surface area (Å²) < 4.78 is 6.18. The smallest absolute Gasteiger partial charge is 0.277 e. The molecule has 1 N–H and O–H groups in total. The maximum Gasteiger partial charge on any atom is 0.277 e. The molecule has 0 radical (unpaired) electrons. The Balaban J connectivity index is 1.89. The van der Waals surface area contributed by atoms with Gasteiger partial charge in [0.1, 0.15) is 5.75 Å². The maximum absolute atomic E-state index is 11.6. The van der Waals surface area contributed by atoms with Crippen LogP contribution in [-0.4, -0.2) is 23.7 Å². The van der Waals surface area contributed by atoms with E-state index in [2.05, 4.69) is 26.5 Å². The van der Waals surface area contributed by atoms with E-state index < -0.39 is 10.8 Å². The van der Waals surface area contributed by atoms with Crippen molar-refractivity contribution < 1.29 is 14.5 Å². The largest absolute Gasteiger partial charge is 0.484 e. The van der Waals surface area contributed by atoms with Gasteiger partial charge in [-0.15, -0.1) is 0 Å². The summed E-state index contributed by atoms with van der Waals surface area (Å²) in [6.45, 7) is -0.221. The SMILES string of the molecule is O=C(COc1ccc(Br)cc1)N/N=C\c1cc([N+](=O)[O-])ccc1Cl. The topological polar surface area (TPSA) is 93.8 Å². The molecule has 2 aromatic rings. The number of nitrogens with zero attached hydrogens (tertiary/aromatic N) is 2. The van der Waals surface area contributed by atoms with Crippen LogP contribution in [0.4, 0.5) is 5.69 Å². The number of carbonyl (C=O) groups excluding carboxylic acids is 1. The van der Waals surface area contributed by atoms with Crippen molar-refractivity contribution in [2.75, 3.05) is 6.61 Å². The van der Waals surface area contributed by atoms with E-state index in [-0.39, 0.29) is 17.3 Å². The van der Waals surface area contributed by atoms with Crippen LogP contribution in [-0.2, 0) is 4.79 Å². The molecule has 0 spiro atoms. The molecule has 24 heavy (non-hydrogen) atoms. The standard InChI is InChI=1S/C15H11BrClN3O4/c16-11-1-4-13(5-2-11)24-9-15(21)19-18-8-10-7-12(20(22)23)3-6-14(10)17/h1-8H,9H2,(H,19,21)/b18-8-. The minimum atomic E-state index is -0.543. The van der Waals surface area contributed by atoms with Gasteiger partial charge in [-0.05, 0) is 30.3 Å². The lowest BCUT2D eigenvalue weighted by molar-refractivity contribution is -0.384. The van der Waals surface area contributed by atoms with Crippen molar-refractivity contribution in [1.29, 1.82) is 0 Å². The third kappa shape index (κ3) is 5.32. The van der Waals surface area contributed by atoms with E-state index >= 15 is 0 Å². The van der Waals surface area contributed by atoms with Crippen molar-refractivity contribution in [2.24, 2.45) is 5.10 Å². The first kappa shape index (κ1) is 17.9. The first-order valence-electron chi connectivity index (χ1n) is 6.60. The van der Waals surface area contributed by atoms with Crippen molar-refractivity contribution in [2.45, 2.75) is 0 Å². The summed E-state index contributed by atoms with van der Waals surface area (Å²) in [6, 6.07) is 10.9. The normalized spacial score (nSPS) is 10.6. The molecule has 2 rings (SSSR count). The number of hydrazone groups is 1. The molecule has 0 aliphatic rings. The van der Waals surface area contributed by atoms with Crippen LogP contribution in [0.25, 0.3) is 0 Å². The van der Waals surface area contributed by atoms with Crippen LogP contribution < -0.4 is 10.2 Å². The van der Waals surface area contributed by atoms with Crippen LogP contribution in [0, 0.1) is 10.1 Å². The Bertz CT molecular complexity index is 781. The fraction of sp³-hybridized carbons (Fsp3) is 0.0667. The van der Waals surface area contributed by atoms with Gasteiger partial charge >= 0.3 is 0 Å². The van der Waals surface area contributed by atoms with Gasteiger partial charge < -0.3 is 4.74 Å². The second-order valence-electron chi connectivity index (χ2n) is 4.50. The number of rotatable bonds is 6. The van der Waals surface area contributed by atoms with Crippen LogP contribution >= 0.6 is 27.5 Å². The van der Waals surface area contributed by atoms with E-state index in [4.69, 9.17) is 16.3 Å². The summed E-state index contributed by atoms with van der Waals surface area (Å²) in [6.07, 6.45) is 1.23. The second kappa shape index (κ2) is 8.42. The molecule has 0 bridgehead atoms. The van der Waals surface area contributed by atoms with Crippen molar-refractivity contribution in [3.05, 3.63) is 67.6 Å². The Morgan fingerprint density at radius 3 is 2.71 bits per heavy atom. The third-order valence-electron chi connectivity index (χ3n) is 2.77. The number of benzene rings is 2. The van der Waals surface area contributed by atoms with Gasteiger partial charge in [-0.25, -0.2) is 5.43 Å². The molecule has 1 amide bonds. The summed E-state index contributed by atoms with van der Waals surface area (Å²) >= 11 is 9.21. The first-order chi connectivity index (χ1) is 11.5. The van der Waals surface area contributed by atoms with E-state index in [1.165, 1.54) is 24.4 Å². The monoisotopic (exact) mass is 411 g/mol. The maximum atomic E-state index is 11.6. The van der Waals surface area contributed by atoms with Gasteiger partial charge in [-0.2, -0.15) is 5.10 Å². The fourth-order valence-corrected chi connectivity index (χ4v) is 2.06. The number of hydrogen-bond donors (Lipinski definition) is 1. The molecule has 0 saturated carbocycles. The van der Waals surface area contributed by atoms with Gasteiger partial charge in [0, 0.05) is 27.2 Å². The van der Waals surface area contributed by atoms with E-state index in [1.807, 2.05) is 0 Å². The Labute approximate surface area is 150 Å². The molecule has 0 unspecified atom stereocenters. The third-order valence-corrected chi connectivity index (χ3v) is 3.64. The van der Waals surface area contributed by atoms with E-state index in [0.717, 1.165) is 4.47 Å². The molecule has 0 aromatic heterocycles. The number of carbonyl (C=O) groups is 1. The predicted octanol–water partition coefficient (Wildman–Crippen LogP) is 3.54. The highest BCUT2D eigenvalue weighted by molar-refractivity contribution is 9.10. The van der Waals surface area contributed by atoms with Crippen molar-refractivity contribution in [3.63, 3.8) is 0 Å². The van der Waals surface area contributed by atoms with Crippen molar-refractivity contribution >= 4 is 45.3 Å². The van der Waals surface area contributed by atoms with Gasteiger partial charge in [0.15, 0.2) is 6.61 Å². The zero-order valence-electron chi connectivity index (χ0n) is 12.1. The summed E-state index contributed by atoms with van der Waals surface area (Å²) in [5.74, 6) is 0.0646. The molecule has 2 aromatic carbocycles. The Kier molecular flexibility index (Phi) is 6.28. The number of nitrogens with one attached hydrogen (secondary N) is 1. The zero-order valence-corrected chi connectivity index (χ0v) is 14.5. The van der Waals surface area contributed by atoms with Gasteiger partial charge in [0.25, 0.3) is 11.6 Å². The molecule has 0 aliphatic heterocycles. The first-order valence-corrected chi connectivity index (χ1v) is 7.77. The molecular formula is C15H11BrClN3O4. The molecule has 7 nitrogen and oxygen atoms in total. The minimum absolute atomic E-state index is 0.120. The average Bonchev–Trinajstić information content (AvgIpc) is 2.56. The van der Waals surface area contributed by atoms with E-state index in [9.17, 15) is 14.9 Å². The fourth-order valence-electron chi connectivity index (χ4n) is 1.63. The lowest BCUT2D eigenvalue weighted by atomic mass is 10.2. The predicted molar refractivity (Wildman–Crippen MR) is 93.5 cm³/mol. The van der Waals surface area contributed by atoms with Gasteiger partial charge in [0.2, 0.25) is 0 Å². The highest BCUT2D eigenvalue weighted by atomic mass is 79.9. The summed E-state index contributed by atoms with van der Waals surface area (Å²) in [7, 11) is 0. The number of halogens is 2. The zero-order chi connectivity index (χ0) is 17.5. The molecule has 9 heteroatoms. The van der Waals surface area contributed by atoms with Crippen LogP contribution in [0.5, 0.6) is 5.75 Å². The minimum Gasteiger partial charge on any atom is -0.484 e. The highest BCUT2D eigenvalue weighted by Gasteiger charge is 2.08. The molecule has 0 aliphatic carbocycles. The highest BCUT2D eigenvalue weighted by Crippen LogP contribution is 2.20. The summed E-state index contributed by atoms with van der Waals surface area (Å²) in [5.41, 5.74) is 2.46. The molecule has 124 valence electrons. The molecule has 0 atom stereocenters. The lowest BCUT2D eigenvalue weighted by Gasteiger charge is -2.04. The Hall–Kier alpha value is -2.45. The van der Waals surface area contributed by atoms with E-state index in [1.54, 1.807) is 24.3 Å². The number of hydrogen-bond acceptors (Lipinski definition) is 5. The van der Waals surface area contributed by atoms with Gasteiger partial charge in [-0.1, -0.05) is 27.5 Å². The van der Waals surface area contributed by atoms with Crippen LogP contribution in [0.2, 0.25) is 5.02 Å². The van der Waals surface area contributed by atoms with Crippen molar-refractivity contribution in [3.8, 4) is 5.75 Å². The van der Waals surface area contributed by atoms with Crippen LogP contribution in [0.15, 0.2) is 52.0 Å². The quantitative estimate of drug-likeness (QED) is 0.446. The number of amides is 1. The molecule has 0 fully saturated rings.